The van der Waals surface area contributed by atoms with Crippen LogP contribution in [0.15, 0.2) is 59.2 Å². The van der Waals surface area contributed by atoms with Crippen molar-refractivity contribution < 1.29 is 28.3 Å². The van der Waals surface area contributed by atoms with Crippen LogP contribution in [0.5, 0.6) is 11.5 Å². The number of nitrogens with zero attached hydrogens (tertiary/aromatic N) is 2. The number of anilines is 1. The number of amides is 3. The maximum atomic E-state index is 13.6. The Bertz CT molecular complexity index is 1270. The summed E-state index contributed by atoms with van der Waals surface area (Å²) in [6.07, 6.45) is 1.33. The zero-order valence-electron chi connectivity index (χ0n) is 18.7. The minimum Gasteiger partial charge on any atom is -0.493 e. The first kappa shape index (κ1) is 21.6. The Balaban J connectivity index is 1.50. The third-order valence-electron chi connectivity index (χ3n) is 6.07. The fraction of sp³-hybridized carbons (Fsp3) is 0.240. The van der Waals surface area contributed by atoms with Gasteiger partial charge in [0.25, 0.3) is 11.8 Å². The van der Waals surface area contributed by atoms with Crippen molar-refractivity contribution in [3.8, 4) is 11.5 Å². The van der Waals surface area contributed by atoms with E-state index in [1.165, 1.54) is 19.1 Å². The number of benzene rings is 2. The van der Waals surface area contributed by atoms with Crippen molar-refractivity contribution in [2.75, 3.05) is 32.2 Å². The molecule has 2 aliphatic heterocycles. The molecule has 0 radical (unpaired) electrons. The number of rotatable bonds is 7. The van der Waals surface area contributed by atoms with E-state index < -0.39 is 6.17 Å². The van der Waals surface area contributed by atoms with Gasteiger partial charge in [0, 0.05) is 18.5 Å². The molecule has 1 atom stereocenters. The molecule has 5 rings (SSSR count). The van der Waals surface area contributed by atoms with Gasteiger partial charge >= 0.3 is 0 Å². The molecule has 1 aromatic heterocycles. The van der Waals surface area contributed by atoms with Gasteiger partial charge in [-0.2, -0.15) is 0 Å². The lowest BCUT2D eigenvalue weighted by molar-refractivity contribution is -0.122. The minimum absolute atomic E-state index is 0.215. The van der Waals surface area contributed by atoms with Gasteiger partial charge in [-0.05, 0) is 30.3 Å². The number of hydrogen-bond acceptors (Lipinski definition) is 6. The predicted molar refractivity (Wildman–Crippen MR) is 122 cm³/mol. The molecule has 9 nitrogen and oxygen atoms in total. The van der Waals surface area contributed by atoms with Crippen molar-refractivity contribution >= 4 is 23.4 Å². The van der Waals surface area contributed by atoms with Crippen LogP contribution in [0, 0.1) is 0 Å². The zero-order chi connectivity index (χ0) is 23.8. The number of methoxy groups -OCH3 is 2. The summed E-state index contributed by atoms with van der Waals surface area (Å²) in [5, 5.41) is 2.83. The van der Waals surface area contributed by atoms with Gasteiger partial charge < -0.3 is 24.1 Å². The molecule has 2 aromatic carbocycles. The number of nitrogens with one attached hydrogen (secondary N) is 1. The number of furan rings is 1. The van der Waals surface area contributed by atoms with Gasteiger partial charge in [0.1, 0.15) is 18.5 Å². The topological polar surface area (TPSA) is 101 Å². The van der Waals surface area contributed by atoms with E-state index in [1.807, 2.05) is 6.07 Å². The van der Waals surface area contributed by atoms with Crippen LogP contribution in [0.2, 0.25) is 0 Å². The van der Waals surface area contributed by atoms with E-state index in [0.717, 1.165) is 5.76 Å². The summed E-state index contributed by atoms with van der Waals surface area (Å²) >= 11 is 0. The van der Waals surface area contributed by atoms with E-state index in [2.05, 4.69) is 5.32 Å². The normalized spacial score (nSPS) is 16.1. The van der Waals surface area contributed by atoms with E-state index in [1.54, 1.807) is 53.6 Å². The second kappa shape index (κ2) is 8.58. The summed E-state index contributed by atoms with van der Waals surface area (Å²) in [4.78, 5) is 42.9. The standard InChI is InChI=1S/C25H23N3O6/c1-32-19-10-9-17-21(22(19)33-2)25(31)28-18-8-4-3-7-16(18)24(30)27(23(17)28)14-20(29)26-12-11-15-6-5-13-34-15/h3-10,13,23H,11-12,14H2,1-2H3,(H,26,29)/t23-/m0/s1. The van der Waals surface area contributed by atoms with Crippen molar-refractivity contribution in [3.63, 3.8) is 0 Å². The first-order chi connectivity index (χ1) is 16.5. The van der Waals surface area contributed by atoms with Gasteiger partial charge in [-0.25, -0.2) is 0 Å². The van der Waals surface area contributed by atoms with Crippen molar-refractivity contribution in [1.82, 2.24) is 10.2 Å². The fourth-order valence-electron chi connectivity index (χ4n) is 4.58. The molecule has 0 spiro atoms. The van der Waals surface area contributed by atoms with Gasteiger partial charge in [-0.3, -0.25) is 19.3 Å². The monoisotopic (exact) mass is 461 g/mol. The maximum Gasteiger partial charge on any atom is 0.264 e. The van der Waals surface area contributed by atoms with Crippen LogP contribution in [0.25, 0.3) is 0 Å². The number of carbonyl (C=O) groups is 3. The summed E-state index contributed by atoms with van der Waals surface area (Å²) in [5.41, 5.74) is 1.75. The quantitative estimate of drug-likeness (QED) is 0.581. The lowest BCUT2D eigenvalue weighted by Gasteiger charge is -2.40. The highest BCUT2D eigenvalue weighted by Crippen LogP contribution is 2.49. The van der Waals surface area contributed by atoms with Crippen LogP contribution in [0.1, 0.15) is 38.2 Å². The molecule has 0 saturated carbocycles. The zero-order valence-corrected chi connectivity index (χ0v) is 18.7. The van der Waals surface area contributed by atoms with Crippen LogP contribution in [-0.4, -0.2) is 49.9 Å². The van der Waals surface area contributed by atoms with Crippen LogP contribution in [0.4, 0.5) is 5.69 Å². The highest BCUT2D eigenvalue weighted by Gasteiger charge is 2.50. The second-order valence-electron chi connectivity index (χ2n) is 7.94. The van der Waals surface area contributed by atoms with E-state index >= 15 is 0 Å². The summed E-state index contributed by atoms with van der Waals surface area (Å²) in [6, 6.07) is 13.9. The Morgan fingerprint density at radius 3 is 2.59 bits per heavy atom. The second-order valence-corrected chi connectivity index (χ2v) is 7.94. The maximum absolute atomic E-state index is 13.6. The molecular formula is C25H23N3O6. The third-order valence-corrected chi connectivity index (χ3v) is 6.07. The molecule has 0 bridgehead atoms. The highest BCUT2D eigenvalue weighted by molar-refractivity contribution is 6.18. The molecule has 0 unspecified atom stereocenters. The van der Waals surface area contributed by atoms with Gasteiger partial charge in [-0.1, -0.05) is 18.2 Å². The number of ether oxygens (including phenoxy) is 2. The molecule has 3 aromatic rings. The average Bonchev–Trinajstić information content (AvgIpc) is 3.47. The van der Waals surface area contributed by atoms with Crippen molar-refractivity contribution in [2.45, 2.75) is 12.6 Å². The Morgan fingerprint density at radius 2 is 1.85 bits per heavy atom. The molecular weight excluding hydrogens is 438 g/mol. The molecule has 1 N–H and O–H groups in total. The Hall–Kier alpha value is -4.27. The molecule has 9 heteroatoms. The molecule has 2 aliphatic rings. The van der Waals surface area contributed by atoms with Crippen LogP contribution in [0.3, 0.4) is 0 Å². The van der Waals surface area contributed by atoms with Gasteiger partial charge in [0.05, 0.1) is 37.3 Å². The first-order valence-electron chi connectivity index (χ1n) is 10.8. The fourth-order valence-corrected chi connectivity index (χ4v) is 4.58. The molecule has 0 fully saturated rings. The van der Waals surface area contributed by atoms with Gasteiger partial charge in [0.15, 0.2) is 11.5 Å². The van der Waals surface area contributed by atoms with Crippen LogP contribution >= 0.6 is 0 Å². The van der Waals surface area contributed by atoms with Crippen molar-refractivity contribution in [3.05, 3.63) is 77.2 Å². The Labute approximate surface area is 195 Å². The Kier molecular flexibility index (Phi) is 5.45. The van der Waals surface area contributed by atoms with E-state index in [0.29, 0.717) is 46.8 Å². The molecule has 0 saturated heterocycles. The van der Waals surface area contributed by atoms with Gasteiger partial charge in [0.2, 0.25) is 5.91 Å². The third kappa shape index (κ3) is 3.37. The molecule has 3 amide bonds. The SMILES string of the molecule is COc1ccc2c(c1OC)C(=O)N1c3ccccc3C(=O)N(CC(=O)NCCc3ccco3)[C@H]21. The molecule has 3 heterocycles. The number of fused-ring (bicyclic) bond motifs is 5. The molecule has 0 aliphatic carbocycles. The lowest BCUT2D eigenvalue weighted by atomic mass is 10.0. The minimum atomic E-state index is -0.777. The van der Waals surface area contributed by atoms with E-state index in [9.17, 15) is 14.4 Å². The number of para-hydroxylation sites is 1. The smallest absolute Gasteiger partial charge is 0.264 e. The molecule has 34 heavy (non-hydrogen) atoms. The summed E-state index contributed by atoms with van der Waals surface area (Å²) in [6.45, 7) is 0.146. The number of carbonyl (C=O) groups excluding carboxylic acids is 3. The van der Waals surface area contributed by atoms with Gasteiger partial charge in [-0.15, -0.1) is 0 Å². The summed E-state index contributed by atoms with van der Waals surface area (Å²) in [7, 11) is 2.96. The number of hydrogen-bond donors (Lipinski definition) is 1. The van der Waals surface area contributed by atoms with Crippen LogP contribution < -0.4 is 19.7 Å². The van der Waals surface area contributed by atoms with Crippen molar-refractivity contribution in [2.24, 2.45) is 0 Å². The largest absolute Gasteiger partial charge is 0.493 e. The van der Waals surface area contributed by atoms with Crippen LogP contribution in [-0.2, 0) is 11.2 Å². The summed E-state index contributed by atoms with van der Waals surface area (Å²) in [5.74, 6) is 0.488. The van der Waals surface area contributed by atoms with E-state index in [4.69, 9.17) is 13.9 Å². The average molecular weight is 461 g/mol. The summed E-state index contributed by atoms with van der Waals surface area (Å²) < 4.78 is 16.2. The predicted octanol–water partition coefficient (Wildman–Crippen LogP) is 2.77. The molecule has 174 valence electrons. The van der Waals surface area contributed by atoms with Crippen molar-refractivity contribution in [1.29, 1.82) is 0 Å². The first-order valence-corrected chi connectivity index (χ1v) is 10.8. The highest BCUT2D eigenvalue weighted by atomic mass is 16.5. The Morgan fingerprint density at radius 1 is 1.03 bits per heavy atom. The lowest BCUT2D eigenvalue weighted by Crippen LogP contribution is -2.51. The van der Waals surface area contributed by atoms with E-state index in [-0.39, 0.29) is 24.3 Å².